The highest BCUT2D eigenvalue weighted by Crippen LogP contribution is 2.28. The minimum Gasteiger partial charge on any atom is -0.366 e. The Kier molecular flexibility index (Phi) is 5.05. The second-order valence-corrected chi connectivity index (χ2v) is 8.34. The number of anilines is 1. The van der Waals surface area contributed by atoms with E-state index in [4.69, 9.17) is 4.74 Å². The lowest BCUT2D eigenvalue weighted by atomic mass is 10.1. The molecule has 0 bridgehead atoms. The molecule has 31 heavy (non-hydrogen) atoms. The average molecular weight is 433 g/mol. The average Bonchev–Trinajstić information content (AvgIpc) is 3.25. The van der Waals surface area contributed by atoms with Gasteiger partial charge in [-0.15, -0.1) is 11.3 Å². The zero-order valence-electron chi connectivity index (χ0n) is 16.8. The van der Waals surface area contributed by atoms with Crippen molar-refractivity contribution in [1.29, 1.82) is 0 Å². The van der Waals surface area contributed by atoms with Gasteiger partial charge in [0.15, 0.2) is 0 Å². The van der Waals surface area contributed by atoms with Crippen molar-refractivity contribution in [2.45, 2.75) is 6.10 Å². The van der Waals surface area contributed by atoms with E-state index in [1.165, 1.54) is 28.3 Å². The van der Waals surface area contributed by atoms with Crippen LogP contribution in [0.25, 0.3) is 21.5 Å². The van der Waals surface area contributed by atoms with E-state index in [1.54, 1.807) is 19.3 Å². The van der Waals surface area contributed by atoms with E-state index in [0.717, 1.165) is 10.1 Å². The Labute approximate surface area is 181 Å². The predicted octanol–water partition coefficient (Wildman–Crippen LogP) is 2.54. The SMILES string of the molecule is Cn1c(N2CCOC(C(=O)c3cc4ccccc4s3)C2)nc(-c2ccncn2)cc1=O. The van der Waals surface area contributed by atoms with Crippen LogP contribution in [-0.4, -0.2) is 51.1 Å². The first-order valence-electron chi connectivity index (χ1n) is 9.84. The number of rotatable bonds is 4. The van der Waals surface area contributed by atoms with Gasteiger partial charge in [0, 0.05) is 30.6 Å². The van der Waals surface area contributed by atoms with Gasteiger partial charge in [0.1, 0.15) is 12.4 Å². The number of ether oxygens (including phenoxy) is 1. The predicted molar refractivity (Wildman–Crippen MR) is 119 cm³/mol. The quantitative estimate of drug-likeness (QED) is 0.457. The number of thiophene rings is 1. The third-order valence-electron chi connectivity index (χ3n) is 5.27. The van der Waals surface area contributed by atoms with E-state index in [0.29, 0.717) is 41.9 Å². The normalized spacial score (nSPS) is 16.5. The standard InChI is InChI=1S/C22H19N5O3S/c1-26-20(28)11-16(15-6-7-23-13-24-15)25-22(26)27-8-9-30-17(12-27)21(29)19-10-14-4-2-3-5-18(14)31-19/h2-7,10-11,13,17H,8-9,12H2,1H3. The molecule has 0 saturated carbocycles. The molecule has 0 aliphatic carbocycles. The summed E-state index contributed by atoms with van der Waals surface area (Å²) in [6, 6.07) is 13.0. The maximum Gasteiger partial charge on any atom is 0.255 e. The molecule has 5 rings (SSSR count). The summed E-state index contributed by atoms with van der Waals surface area (Å²) in [5, 5.41) is 1.05. The van der Waals surface area contributed by atoms with E-state index in [2.05, 4.69) is 15.0 Å². The lowest BCUT2D eigenvalue weighted by Crippen LogP contribution is -2.48. The van der Waals surface area contributed by atoms with Crippen LogP contribution in [0.4, 0.5) is 5.95 Å². The maximum absolute atomic E-state index is 13.1. The van der Waals surface area contributed by atoms with Crippen molar-refractivity contribution in [2.75, 3.05) is 24.6 Å². The highest BCUT2D eigenvalue weighted by Gasteiger charge is 2.30. The van der Waals surface area contributed by atoms with Gasteiger partial charge in [-0.25, -0.2) is 15.0 Å². The minimum atomic E-state index is -0.624. The van der Waals surface area contributed by atoms with Crippen molar-refractivity contribution >= 4 is 33.2 Å². The Hall–Kier alpha value is -3.43. The highest BCUT2D eigenvalue weighted by atomic mass is 32.1. The Morgan fingerprint density at radius 1 is 1.19 bits per heavy atom. The second kappa shape index (κ2) is 8.01. The van der Waals surface area contributed by atoms with Crippen LogP contribution in [0, 0.1) is 0 Å². The molecule has 1 atom stereocenters. The molecule has 1 aliphatic heterocycles. The van der Waals surface area contributed by atoms with Gasteiger partial charge in [-0.2, -0.15) is 0 Å². The first-order valence-corrected chi connectivity index (χ1v) is 10.7. The number of morpholine rings is 1. The molecule has 1 aliphatic rings. The smallest absolute Gasteiger partial charge is 0.255 e. The van der Waals surface area contributed by atoms with Crippen LogP contribution >= 0.6 is 11.3 Å². The van der Waals surface area contributed by atoms with Gasteiger partial charge in [0.2, 0.25) is 11.7 Å². The summed E-state index contributed by atoms with van der Waals surface area (Å²) in [7, 11) is 1.67. The molecule has 1 aromatic carbocycles. The molecule has 1 fully saturated rings. The largest absolute Gasteiger partial charge is 0.366 e. The Balaban J connectivity index is 1.44. The summed E-state index contributed by atoms with van der Waals surface area (Å²) in [6.07, 6.45) is 2.40. The Morgan fingerprint density at radius 3 is 2.87 bits per heavy atom. The zero-order valence-corrected chi connectivity index (χ0v) is 17.6. The van der Waals surface area contributed by atoms with Crippen molar-refractivity contribution in [1.82, 2.24) is 19.5 Å². The fourth-order valence-corrected chi connectivity index (χ4v) is 4.68. The summed E-state index contributed by atoms with van der Waals surface area (Å²) in [5.41, 5.74) is 0.844. The minimum absolute atomic E-state index is 0.0529. The van der Waals surface area contributed by atoms with Gasteiger partial charge in [-0.05, 0) is 23.6 Å². The fraction of sp³-hybridized carbons (Fsp3) is 0.227. The van der Waals surface area contributed by atoms with Crippen molar-refractivity contribution in [2.24, 2.45) is 7.05 Å². The van der Waals surface area contributed by atoms with Crippen LogP contribution in [0.2, 0.25) is 0 Å². The first kappa shape index (κ1) is 19.5. The molecule has 156 valence electrons. The van der Waals surface area contributed by atoms with E-state index in [9.17, 15) is 9.59 Å². The fourth-order valence-electron chi connectivity index (χ4n) is 3.64. The number of aromatic nitrogens is 4. The van der Waals surface area contributed by atoms with Crippen LogP contribution in [0.5, 0.6) is 0 Å². The molecule has 1 unspecified atom stereocenters. The molecule has 4 aromatic rings. The first-order chi connectivity index (χ1) is 15.1. The summed E-state index contributed by atoms with van der Waals surface area (Å²) in [6.45, 7) is 1.22. The lowest BCUT2D eigenvalue weighted by Gasteiger charge is -2.33. The maximum atomic E-state index is 13.1. The number of benzene rings is 1. The third kappa shape index (κ3) is 3.73. The van der Waals surface area contributed by atoms with E-state index in [-0.39, 0.29) is 11.3 Å². The number of Topliss-reactive ketones (excluding diaryl/α,β-unsaturated/α-hetero) is 1. The summed E-state index contributed by atoms with van der Waals surface area (Å²) in [5.74, 6) is 0.432. The van der Waals surface area contributed by atoms with Crippen LogP contribution < -0.4 is 10.5 Å². The van der Waals surface area contributed by atoms with E-state index in [1.807, 2.05) is 35.2 Å². The summed E-state index contributed by atoms with van der Waals surface area (Å²) in [4.78, 5) is 41.1. The van der Waals surface area contributed by atoms with E-state index >= 15 is 0 Å². The molecule has 9 heteroatoms. The zero-order chi connectivity index (χ0) is 21.4. The molecule has 0 radical (unpaired) electrons. The molecule has 4 heterocycles. The molecule has 3 aromatic heterocycles. The van der Waals surface area contributed by atoms with Gasteiger partial charge < -0.3 is 9.64 Å². The molecule has 0 amide bonds. The Bertz CT molecular complexity index is 1280. The summed E-state index contributed by atoms with van der Waals surface area (Å²) >= 11 is 1.47. The van der Waals surface area contributed by atoms with Crippen molar-refractivity contribution in [3.63, 3.8) is 0 Å². The highest BCUT2D eigenvalue weighted by molar-refractivity contribution is 7.20. The van der Waals surface area contributed by atoms with Crippen LogP contribution in [0.1, 0.15) is 9.67 Å². The number of hydrogen-bond donors (Lipinski definition) is 0. The number of carbonyl (C=O) groups is 1. The van der Waals surface area contributed by atoms with Crippen LogP contribution in [0.3, 0.4) is 0 Å². The Morgan fingerprint density at radius 2 is 2.06 bits per heavy atom. The van der Waals surface area contributed by atoms with E-state index < -0.39 is 6.10 Å². The number of fused-ring (bicyclic) bond motifs is 1. The molecular weight excluding hydrogens is 414 g/mol. The molecule has 0 spiro atoms. The van der Waals surface area contributed by atoms with Crippen molar-refractivity contribution < 1.29 is 9.53 Å². The number of hydrogen-bond acceptors (Lipinski definition) is 8. The van der Waals surface area contributed by atoms with Crippen LogP contribution in [0.15, 0.2) is 59.8 Å². The molecule has 8 nitrogen and oxygen atoms in total. The molecule has 0 N–H and O–H groups in total. The van der Waals surface area contributed by atoms with Gasteiger partial charge in [-0.3, -0.25) is 14.2 Å². The number of ketones is 1. The number of carbonyl (C=O) groups excluding carboxylic acids is 1. The lowest BCUT2D eigenvalue weighted by molar-refractivity contribution is 0.0340. The monoisotopic (exact) mass is 433 g/mol. The second-order valence-electron chi connectivity index (χ2n) is 7.25. The molecule has 1 saturated heterocycles. The van der Waals surface area contributed by atoms with Crippen molar-refractivity contribution in [3.05, 3.63) is 70.2 Å². The number of nitrogens with zero attached hydrogens (tertiary/aromatic N) is 5. The van der Waals surface area contributed by atoms with Gasteiger partial charge in [0.25, 0.3) is 5.56 Å². The topological polar surface area (TPSA) is 90.2 Å². The van der Waals surface area contributed by atoms with Gasteiger partial charge >= 0.3 is 0 Å². The van der Waals surface area contributed by atoms with Gasteiger partial charge in [-0.1, -0.05) is 18.2 Å². The molecular formula is C22H19N5O3S. The van der Waals surface area contributed by atoms with Crippen LogP contribution in [-0.2, 0) is 11.8 Å². The van der Waals surface area contributed by atoms with Crippen molar-refractivity contribution in [3.8, 4) is 11.4 Å². The van der Waals surface area contributed by atoms with Gasteiger partial charge in [0.05, 0.1) is 29.4 Å². The summed E-state index contributed by atoms with van der Waals surface area (Å²) < 4.78 is 8.36. The third-order valence-corrected chi connectivity index (χ3v) is 6.40.